The number of nitrogens with zero attached hydrogens (tertiary/aromatic N) is 2. The zero-order valence-electron chi connectivity index (χ0n) is 14.9. The average Bonchev–Trinajstić information content (AvgIpc) is 3.09. The van der Waals surface area contributed by atoms with E-state index in [1.165, 1.54) is 30.3 Å². The largest absolute Gasteiger partial charge is 0.573 e. The normalized spacial score (nSPS) is 14.1. The molecule has 6 nitrogen and oxygen atoms in total. The minimum atomic E-state index is -4.78. The van der Waals surface area contributed by atoms with E-state index in [4.69, 9.17) is 0 Å². The molecule has 1 aliphatic rings. The molecule has 1 aromatic heterocycles. The molecular weight excluding hydrogens is 375 g/mol. The van der Waals surface area contributed by atoms with E-state index in [0.717, 1.165) is 12.1 Å². The van der Waals surface area contributed by atoms with Gasteiger partial charge in [0.2, 0.25) is 11.8 Å². The Balaban J connectivity index is 0.000000397. The molecule has 0 aliphatic carbocycles. The van der Waals surface area contributed by atoms with Crippen molar-refractivity contribution in [2.75, 3.05) is 7.05 Å². The van der Waals surface area contributed by atoms with Gasteiger partial charge in [0.15, 0.2) is 0 Å². The molecule has 2 aromatic rings. The van der Waals surface area contributed by atoms with Gasteiger partial charge in [0.05, 0.1) is 0 Å². The predicted molar refractivity (Wildman–Crippen MR) is 94.8 cm³/mol. The first-order valence-electron chi connectivity index (χ1n) is 8.22. The van der Waals surface area contributed by atoms with E-state index in [0.29, 0.717) is 5.56 Å². The number of pyridine rings is 1. The molecule has 1 N–H and O–H groups in total. The predicted octanol–water partition coefficient (Wildman–Crippen LogP) is 3.20. The highest BCUT2D eigenvalue weighted by Gasteiger charge is 2.33. The lowest BCUT2D eigenvalue weighted by atomic mass is 10.0. The number of carbonyl (C=O) groups excluding carboxylic acids is 2. The summed E-state index contributed by atoms with van der Waals surface area (Å²) in [7, 11) is 1.42. The summed E-state index contributed by atoms with van der Waals surface area (Å²) in [5, 5.41) is 2.44. The van der Waals surface area contributed by atoms with Crippen LogP contribution in [0.5, 0.6) is 5.75 Å². The fourth-order valence-electron chi connectivity index (χ4n) is 2.43. The molecule has 1 atom stereocenters. The van der Waals surface area contributed by atoms with Gasteiger partial charge in [-0.2, -0.15) is 0 Å². The third-order valence-electron chi connectivity index (χ3n) is 3.62. The Morgan fingerprint density at radius 1 is 1.18 bits per heavy atom. The van der Waals surface area contributed by atoms with Gasteiger partial charge in [-0.1, -0.05) is 24.3 Å². The molecule has 28 heavy (non-hydrogen) atoms. The zero-order chi connectivity index (χ0) is 20.6. The topological polar surface area (TPSA) is 71.5 Å². The van der Waals surface area contributed by atoms with Crippen LogP contribution in [0.1, 0.15) is 18.0 Å². The standard InChI is InChI=1S/C14H13F3N2O3.C5H5N/c1-18-13(21)12(19-8-2-3-11(19)20)9-4-6-10(7-5-9)22-14(15,16)17;1-2-4-6-5-3-1/h2,4-8,12H,3H2,1H3,(H,18,21);1-5H. The first-order valence-corrected chi connectivity index (χ1v) is 8.22. The summed E-state index contributed by atoms with van der Waals surface area (Å²) >= 11 is 0. The summed E-state index contributed by atoms with van der Waals surface area (Å²) in [5.74, 6) is -1.09. The van der Waals surface area contributed by atoms with Crippen molar-refractivity contribution in [2.24, 2.45) is 0 Å². The number of halogens is 3. The van der Waals surface area contributed by atoms with Crippen LogP contribution >= 0.6 is 0 Å². The fourth-order valence-corrected chi connectivity index (χ4v) is 2.43. The number of ether oxygens (including phenoxy) is 1. The SMILES string of the molecule is CNC(=O)C(c1ccc(OC(F)(F)F)cc1)N1C=CCC1=O.c1ccncc1. The van der Waals surface area contributed by atoms with Crippen molar-refractivity contribution < 1.29 is 27.5 Å². The highest BCUT2D eigenvalue weighted by Crippen LogP contribution is 2.28. The molecule has 0 saturated heterocycles. The van der Waals surface area contributed by atoms with Crippen LogP contribution in [-0.4, -0.2) is 35.1 Å². The number of benzene rings is 1. The molecule has 2 amide bonds. The van der Waals surface area contributed by atoms with Crippen molar-refractivity contribution in [3.05, 3.63) is 72.7 Å². The van der Waals surface area contributed by atoms with Gasteiger partial charge in [-0.15, -0.1) is 13.2 Å². The molecule has 9 heteroatoms. The summed E-state index contributed by atoms with van der Waals surface area (Å²) in [4.78, 5) is 28.8. The van der Waals surface area contributed by atoms with Gasteiger partial charge in [0.25, 0.3) is 0 Å². The second-order valence-corrected chi connectivity index (χ2v) is 5.55. The third-order valence-corrected chi connectivity index (χ3v) is 3.62. The van der Waals surface area contributed by atoms with E-state index in [1.54, 1.807) is 18.5 Å². The van der Waals surface area contributed by atoms with Gasteiger partial charge in [0, 0.05) is 32.1 Å². The Hall–Kier alpha value is -3.36. The van der Waals surface area contributed by atoms with Crippen molar-refractivity contribution in [1.82, 2.24) is 15.2 Å². The summed E-state index contributed by atoms with van der Waals surface area (Å²) in [6.45, 7) is 0. The van der Waals surface area contributed by atoms with E-state index in [1.807, 2.05) is 18.2 Å². The molecule has 1 unspecified atom stereocenters. The monoisotopic (exact) mass is 393 g/mol. The summed E-state index contributed by atoms with van der Waals surface area (Å²) in [6, 6.07) is 9.62. The quantitative estimate of drug-likeness (QED) is 0.866. The molecular formula is C19H18F3N3O3. The summed E-state index contributed by atoms with van der Waals surface area (Å²) in [5.41, 5.74) is 0.383. The lowest BCUT2D eigenvalue weighted by Gasteiger charge is -2.25. The Labute approximate surface area is 159 Å². The molecule has 2 heterocycles. The number of rotatable bonds is 4. The van der Waals surface area contributed by atoms with E-state index in [9.17, 15) is 22.8 Å². The van der Waals surface area contributed by atoms with Crippen LogP contribution in [-0.2, 0) is 9.59 Å². The van der Waals surface area contributed by atoms with E-state index in [-0.39, 0.29) is 12.3 Å². The lowest BCUT2D eigenvalue weighted by molar-refractivity contribution is -0.274. The van der Waals surface area contributed by atoms with Crippen LogP contribution in [0.2, 0.25) is 0 Å². The number of likely N-dealkylation sites (N-methyl/N-ethyl adjacent to an activating group) is 1. The minimum absolute atomic E-state index is 0.183. The van der Waals surface area contributed by atoms with E-state index >= 15 is 0 Å². The number of amides is 2. The molecule has 0 radical (unpaired) electrons. The number of carbonyl (C=O) groups is 2. The first-order chi connectivity index (χ1) is 13.3. The molecule has 0 bridgehead atoms. The highest BCUT2D eigenvalue weighted by molar-refractivity contribution is 5.90. The van der Waals surface area contributed by atoms with Gasteiger partial charge >= 0.3 is 6.36 Å². The Morgan fingerprint density at radius 3 is 2.21 bits per heavy atom. The molecule has 3 rings (SSSR count). The third kappa shape index (κ3) is 6.11. The van der Waals surface area contributed by atoms with Gasteiger partial charge in [-0.25, -0.2) is 0 Å². The van der Waals surface area contributed by atoms with Crippen LogP contribution in [0.4, 0.5) is 13.2 Å². The van der Waals surface area contributed by atoms with Crippen molar-refractivity contribution in [3.8, 4) is 5.75 Å². The summed E-state index contributed by atoms with van der Waals surface area (Å²) in [6.07, 6.45) is 2.00. The molecule has 148 valence electrons. The van der Waals surface area contributed by atoms with Crippen LogP contribution in [0, 0.1) is 0 Å². The van der Waals surface area contributed by atoms with Gasteiger partial charge in [-0.3, -0.25) is 14.6 Å². The van der Waals surface area contributed by atoms with Crippen molar-refractivity contribution >= 4 is 11.8 Å². The average molecular weight is 393 g/mol. The number of hydrogen-bond donors (Lipinski definition) is 1. The van der Waals surface area contributed by atoms with Crippen LogP contribution in [0.15, 0.2) is 67.1 Å². The minimum Gasteiger partial charge on any atom is -0.406 e. The Kier molecular flexibility index (Phi) is 7.14. The molecule has 1 aromatic carbocycles. The number of aromatic nitrogens is 1. The molecule has 0 fully saturated rings. The molecule has 0 saturated carbocycles. The first kappa shape index (κ1) is 20.9. The van der Waals surface area contributed by atoms with Crippen LogP contribution < -0.4 is 10.1 Å². The van der Waals surface area contributed by atoms with Crippen molar-refractivity contribution in [3.63, 3.8) is 0 Å². The van der Waals surface area contributed by atoms with Gasteiger partial charge < -0.3 is 15.0 Å². The number of hydrogen-bond acceptors (Lipinski definition) is 4. The Bertz CT molecular complexity index is 782. The van der Waals surface area contributed by atoms with E-state index < -0.39 is 24.1 Å². The second kappa shape index (κ2) is 9.54. The maximum atomic E-state index is 12.1. The smallest absolute Gasteiger partial charge is 0.406 e. The van der Waals surface area contributed by atoms with Crippen LogP contribution in [0.3, 0.4) is 0 Å². The highest BCUT2D eigenvalue weighted by atomic mass is 19.4. The zero-order valence-corrected chi connectivity index (χ0v) is 14.9. The molecule has 1 aliphatic heterocycles. The van der Waals surface area contributed by atoms with Crippen molar-refractivity contribution in [1.29, 1.82) is 0 Å². The second-order valence-electron chi connectivity index (χ2n) is 5.55. The number of alkyl halides is 3. The van der Waals surface area contributed by atoms with Crippen LogP contribution in [0.25, 0.3) is 0 Å². The van der Waals surface area contributed by atoms with E-state index in [2.05, 4.69) is 15.0 Å². The lowest BCUT2D eigenvalue weighted by Crippen LogP contribution is -2.38. The maximum Gasteiger partial charge on any atom is 0.573 e. The number of nitrogens with one attached hydrogen (secondary N) is 1. The fraction of sp³-hybridized carbons (Fsp3) is 0.211. The Morgan fingerprint density at radius 2 is 1.82 bits per heavy atom. The maximum absolute atomic E-state index is 12.1. The molecule has 0 spiro atoms. The van der Waals surface area contributed by atoms with Crippen molar-refractivity contribution in [2.45, 2.75) is 18.8 Å². The van der Waals surface area contributed by atoms with Gasteiger partial charge in [0.1, 0.15) is 11.8 Å². The summed E-state index contributed by atoms with van der Waals surface area (Å²) < 4.78 is 40.2. The van der Waals surface area contributed by atoms with Gasteiger partial charge in [-0.05, 0) is 29.8 Å².